The van der Waals surface area contributed by atoms with E-state index in [1.54, 1.807) is 48.5 Å². The van der Waals surface area contributed by atoms with Gasteiger partial charge in [-0.3, -0.25) is 9.59 Å². The maximum atomic E-state index is 12.4. The number of hydrogen-bond donors (Lipinski definition) is 5. The lowest BCUT2D eigenvalue weighted by atomic mass is 9.97. The Hall–Kier alpha value is -3.02. The van der Waals surface area contributed by atoms with Crippen LogP contribution in [0.4, 0.5) is 5.69 Å². The summed E-state index contributed by atoms with van der Waals surface area (Å²) in [6.45, 7) is -0.254. The van der Waals surface area contributed by atoms with Crippen molar-refractivity contribution in [2.24, 2.45) is 0 Å². The van der Waals surface area contributed by atoms with Crippen molar-refractivity contribution in [2.75, 3.05) is 18.5 Å². The number of ether oxygens (including phenoxy) is 3. The van der Waals surface area contributed by atoms with Gasteiger partial charge in [-0.15, -0.1) is 0 Å². The molecule has 2 heterocycles. The van der Waals surface area contributed by atoms with Crippen LogP contribution >= 0.6 is 0 Å². The third-order valence-electron chi connectivity index (χ3n) is 5.97. The molecule has 0 bridgehead atoms. The van der Waals surface area contributed by atoms with Crippen molar-refractivity contribution < 1.29 is 44.2 Å². The first kappa shape index (κ1) is 24.1. The summed E-state index contributed by atoms with van der Waals surface area (Å²) in [5, 5.41) is 42.7. The first-order chi connectivity index (χ1) is 16.3. The quantitative estimate of drug-likeness (QED) is 0.343. The molecule has 5 N–H and O–H groups in total. The van der Waals surface area contributed by atoms with Crippen molar-refractivity contribution in [3.63, 3.8) is 0 Å². The van der Waals surface area contributed by atoms with Crippen LogP contribution in [0.5, 0.6) is 5.75 Å². The SMILES string of the molecule is O=C(C[C@H]1C(=O)Nc2ccccc21)OC[C@H]1O[C@@H](OCCc2ccc(O)cc2)[C@H](O)[C@@H](O)[C@@H]1O. The van der Waals surface area contributed by atoms with Crippen molar-refractivity contribution in [1.29, 1.82) is 0 Å². The van der Waals surface area contributed by atoms with E-state index in [9.17, 15) is 30.0 Å². The Labute approximate surface area is 195 Å². The Kier molecular flexibility index (Phi) is 7.44. The molecule has 0 radical (unpaired) electrons. The molecule has 34 heavy (non-hydrogen) atoms. The van der Waals surface area contributed by atoms with Gasteiger partial charge >= 0.3 is 5.97 Å². The van der Waals surface area contributed by atoms with Crippen LogP contribution in [-0.4, -0.2) is 76.2 Å². The monoisotopic (exact) mass is 473 g/mol. The van der Waals surface area contributed by atoms with E-state index >= 15 is 0 Å². The van der Waals surface area contributed by atoms with Gasteiger partial charge in [0.15, 0.2) is 6.29 Å². The van der Waals surface area contributed by atoms with Gasteiger partial charge in [-0.05, 0) is 35.7 Å². The summed E-state index contributed by atoms with van der Waals surface area (Å²) in [5.41, 5.74) is 2.24. The van der Waals surface area contributed by atoms with E-state index in [2.05, 4.69) is 5.32 Å². The van der Waals surface area contributed by atoms with E-state index in [0.717, 1.165) is 5.56 Å². The van der Waals surface area contributed by atoms with Crippen LogP contribution < -0.4 is 5.32 Å². The van der Waals surface area contributed by atoms with Gasteiger partial charge in [0.1, 0.15) is 36.8 Å². The lowest BCUT2D eigenvalue weighted by Gasteiger charge is -2.40. The molecule has 10 nitrogen and oxygen atoms in total. The number of nitrogens with one attached hydrogen (secondary N) is 1. The number of fused-ring (bicyclic) bond motifs is 1. The number of anilines is 1. The fourth-order valence-corrected chi connectivity index (χ4v) is 4.03. The molecule has 2 aliphatic rings. The van der Waals surface area contributed by atoms with Crippen LogP contribution in [0.1, 0.15) is 23.5 Å². The van der Waals surface area contributed by atoms with Crippen molar-refractivity contribution >= 4 is 17.6 Å². The highest BCUT2D eigenvalue weighted by Gasteiger charge is 2.45. The summed E-state index contributed by atoms with van der Waals surface area (Å²) in [4.78, 5) is 24.6. The molecule has 1 fully saturated rings. The minimum atomic E-state index is -1.57. The second-order valence-corrected chi connectivity index (χ2v) is 8.32. The Bertz CT molecular complexity index is 1010. The normalized spacial score (nSPS) is 28.3. The summed E-state index contributed by atoms with van der Waals surface area (Å²) in [5.74, 6) is -1.50. The smallest absolute Gasteiger partial charge is 0.307 e. The molecule has 4 rings (SSSR count). The Balaban J connectivity index is 1.29. The van der Waals surface area contributed by atoms with Gasteiger partial charge in [0.25, 0.3) is 0 Å². The van der Waals surface area contributed by atoms with Gasteiger partial charge in [-0.2, -0.15) is 0 Å². The molecule has 2 aromatic rings. The third-order valence-corrected chi connectivity index (χ3v) is 5.97. The zero-order valence-corrected chi connectivity index (χ0v) is 18.2. The van der Waals surface area contributed by atoms with E-state index in [4.69, 9.17) is 14.2 Å². The number of rotatable bonds is 8. The van der Waals surface area contributed by atoms with Crippen LogP contribution in [0.3, 0.4) is 0 Å². The molecule has 2 aliphatic heterocycles. The summed E-state index contributed by atoms with van der Waals surface area (Å²) >= 11 is 0. The van der Waals surface area contributed by atoms with Crippen LogP contribution in [0.25, 0.3) is 0 Å². The highest BCUT2D eigenvalue weighted by atomic mass is 16.7. The average molecular weight is 473 g/mol. The lowest BCUT2D eigenvalue weighted by molar-refractivity contribution is -0.301. The average Bonchev–Trinajstić information content (AvgIpc) is 3.14. The summed E-state index contributed by atoms with van der Waals surface area (Å²) in [6.07, 6.45) is -6.68. The molecule has 6 atom stereocenters. The number of aromatic hydroxyl groups is 1. The molecule has 1 amide bonds. The molecule has 0 saturated carbocycles. The van der Waals surface area contributed by atoms with Crippen molar-refractivity contribution in [1.82, 2.24) is 0 Å². The number of hydrogen-bond acceptors (Lipinski definition) is 9. The molecular formula is C24H27NO9. The number of aliphatic hydroxyl groups excluding tert-OH is 3. The molecule has 1 saturated heterocycles. The van der Waals surface area contributed by atoms with Crippen LogP contribution in [-0.2, 0) is 30.2 Å². The second kappa shape index (κ2) is 10.5. The van der Waals surface area contributed by atoms with E-state index in [1.807, 2.05) is 0 Å². The second-order valence-electron chi connectivity index (χ2n) is 8.32. The molecule has 0 aromatic heterocycles. The zero-order chi connectivity index (χ0) is 24.2. The molecule has 0 aliphatic carbocycles. The van der Waals surface area contributed by atoms with Gasteiger partial charge in [0, 0.05) is 5.69 Å². The fraction of sp³-hybridized carbons (Fsp3) is 0.417. The zero-order valence-electron chi connectivity index (χ0n) is 18.2. The minimum absolute atomic E-state index is 0.137. The molecule has 0 unspecified atom stereocenters. The highest BCUT2D eigenvalue weighted by molar-refractivity contribution is 6.04. The Morgan fingerprint density at radius 1 is 1.00 bits per heavy atom. The number of phenols is 1. The van der Waals surface area contributed by atoms with Gasteiger partial charge < -0.3 is 40.0 Å². The maximum Gasteiger partial charge on any atom is 0.307 e. The number of amides is 1. The topological polar surface area (TPSA) is 155 Å². The number of phenolic OH excluding ortho intramolecular Hbond substituents is 1. The molecule has 182 valence electrons. The summed E-state index contributed by atoms with van der Waals surface area (Å²) in [7, 11) is 0. The van der Waals surface area contributed by atoms with E-state index in [0.29, 0.717) is 17.7 Å². The molecular weight excluding hydrogens is 446 g/mol. The highest BCUT2D eigenvalue weighted by Crippen LogP contribution is 2.34. The van der Waals surface area contributed by atoms with E-state index in [1.165, 1.54) is 0 Å². The van der Waals surface area contributed by atoms with Crippen LogP contribution in [0, 0.1) is 0 Å². The van der Waals surface area contributed by atoms with E-state index < -0.39 is 49.2 Å². The molecule has 10 heteroatoms. The third kappa shape index (κ3) is 5.37. The predicted molar refractivity (Wildman–Crippen MR) is 118 cm³/mol. The van der Waals surface area contributed by atoms with Crippen molar-refractivity contribution in [2.45, 2.75) is 49.5 Å². The van der Waals surface area contributed by atoms with Gasteiger partial charge in [0.05, 0.1) is 18.9 Å². The van der Waals surface area contributed by atoms with Crippen molar-refractivity contribution in [3.05, 3.63) is 59.7 Å². The number of para-hydroxylation sites is 1. The standard InChI is InChI=1S/C24H27NO9/c26-14-7-5-13(6-8-14)9-10-32-24-22(30)21(29)20(28)18(34-24)12-33-19(27)11-16-15-3-1-2-4-17(15)25-23(16)31/h1-8,16,18,20-22,24,26,28-30H,9-12H2,(H,25,31)/t16-,18-,20-,21+,22-,24-/m1/s1. The van der Waals surface area contributed by atoms with Gasteiger partial charge in [0.2, 0.25) is 5.91 Å². The first-order valence-corrected chi connectivity index (χ1v) is 11.0. The lowest BCUT2D eigenvalue weighted by Crippen LogP contribution is -2.59. The Morgan fingerprint density at radius 3 is 2.50 bits per heavy atom. The van der Waals surface area contributed by atoms with Crippen LogP contribution in [0.15, 0.2) is 48.5 Å². The van der Waals surface area contributed by atoms with Gasteiger partial charge in [-0.25, -0.2) is 0 Å². The van der Waals surface area contributed by atoms with Crippen molar-refractivity contribution in [3.8, 4) is 5.75 Å². The number of benzene rings is 2. The van der Waals surface area contributed by atoms with Gasteiger partial charge in [-0.1, -0.05) is 30.3 Å². The molecule has 2 aromatic carbocycles. The first-order valence-electron chi connectivity index (χ1n) is 11.0. The predicted octanol–water partition coefficient (Wildman–Crippen LogP) is 0.428. The Morgan fingerprint density at radius 2 is 1.74 bits per heavy atom. The number of esters is 1. The largest absolute Gasteiger partial charge is 0.508 e. The number of carbonyl (C=O) groups is 2. The summed E-state index contributed by atoms with van der Waals surface area (Å²) in [6, 6.07) is 13.6. The fourth-order valence-electron chi connectivity index (χ4n) is 4.03. The maximum absolute atomic E-state index is 12.4. The van der Waals surface area contributed by atoms with E-state index in [-0.39, 0.29) is 24.7 Å². The molecule has 0 spiro atoms. The number of aliphatic hydroxyl groups is 3. The van der Waals surface area contributed by atoms with Crippen LogP contribution in [0.2, 0.25) is 0 Å². The summed E-state index contributed by atoms with van der Waals surface area (Å²) < 4.78 is 16.3. The minimum Gasteiger partial charge on any atom is -0.508 e. The number of carbonyl (C=O) groups excluding carboxylic acids is 2.